The molecule has 4 rings (SSSR count). The standard InChI is InChI=1S/C23H30O2S/c1-3-13-26-14-12-23-11-8-17(24)15-16(23)4-5-18-19-6-7-21(25)22(19,2)10-9-20(18)23/h3,9,15,18-19H,1,4-8,10-14H2,2H3/t18-,19-,22-,23+/m0/s1. The number of hydrogen-bond acceptors (Lipinski definition) is 3. The number of ketones is 2. The minimum absolute atomic E-state index is 0.0952. The van der Waals surface area contributed by atoms with Crippen molar-refractivity contribution >= 4 is 23.3 Å². The van der Waals surface area contributed by atoms with Gasteiger partial charge in [0.1, 0.15) is 5.78 Å². The first-order valence-electron chi connectivity index (χ1n) is 10.2. The molecule has 140 valence electrons. The van der Waals surface area contributed by atoms with Crippen LogP contribution in [-0.2, 0) is 9.59 Å². The van der Waals surface area contributed by atoms with Crippen LogP contribution in [0.25, 0.3) is 0 Å². The molecular weight excluding hydrogens is 340 g/mol. The fourth-order valence-electron chi connectivity index (χ4n) is 6.30. The molecule has 0 aromatic carbocycles. The third-order valence-electron chi connectivity index (χ3n) is 7.70. The van der Waals surface area contributed by atoms with E-state index in [4.69, 9.17) is 0 Å². The van der Waals surface area contributed by atoms with E-state index >= 15 is 0 Å². The first-order chi connectivity index (χ1) is 12.5. The predicted molar refractivity (Wildman–Crippen MR) is 108 cm³/mol. The number of thioether (sulfide) groups is 1. The van der Waals surface area contributed by atoms with Gasteiger partial charge in [0.05, 0.1) is 0 Å². The van der Waals surface area contributed by atoms with Crippen molar-refractivity contribution in [1.29, 1.82) is 0 Å². The van der Waals surface area contributed by atoms with Crippen LogP contribution in [-0.4, -0.2) is 23.1 Å². The van der Waals surface area contributed by atoms with Gasteiger partial charge in [-0.2, -0.15) is 11.8 Å². The van der Waals surface area contributed by atoms with Crippen molar-refractivity contribution in [1.82, 2.24) is 0 Å². The average molecular weight is 371 g/mol. The van der Waals surface area contributed by atoms with Gasteiger partial charge in [0.25, 0.3) is 0 Å². The Morgan fingerprint density at radius 2 is 2.12 bits per heavy atom. The molecule has 0 bridgehead atoms. The lowest BCUT2D eigenvalue weighted by Gasteiger charge is -2.53. The first-order valence-corrected chi connectivity index (χ1v) is 11.3. The Morgan fingerprint density at radius 3 is 2.92 bits per heavy atom. The summed E-state index contributed by atoms with van der Waals surface area (Å²) in [6, 6.07) is 0. The van der Waals surface area contributed by atoms with Crippen LogP contribution in [0.2, 0.25) is 0 Å². The molecule has 0 unspecified atom stereocenters. The summed E-state index contributed by atoms with van der Waals surface area (Å²) in [6.45, 7) is 6.04. The van der Waals surface area contributed by atoms with E-state index < -0.39 is 0 Å². The van der Waals surface area contributed by atoms with Gasteiger partial charge in [-0.25, -0.2) is 0 Å². The minimum atomic E-state index is -0.126. The maximum absolute atomic E-state index is 12.6. The molecule has 2 saturated carbocycles. The highest BCUT2D eigenvalue weighted by Gasteiger charge is 2.56. The number of carbonyl (C=O) groups excluding carboxylic acids is 2. The Labute approximate surface area is 161 Å². The van der Waals surface area contributed by atoms with Crippen molar-refractivity contribution in [3.05, 3.63) is 36.0 Å². The quantitative estimate of drug-likeness (QED) is 0.487. The Kier molecular flexibility index (Phi) is 4.79. The predicted octanol–water partition coefficient (Wildman–Crippen LogP) is 5.30. The van der Waals surface area contributed by atoms with E-state index in [0.717, 1.165) is 56.5 Å². The van der Waals surface area contributed by atoms with Crippen molar-refractivity contribution in [2.24, 2.45) is 22.7 Å². The zero-order valence-electron chi connectivity index (χ0n) is 15.9. The molecule has 0 aliphatic heterocycles. The molecule has 0 saturated heterocycles. The second-order valence-electron chi connectivity index (χ2n) is 8.83. The molecule has 0 aromatic rings. The number of Topliss-reactive ketones (excluding diaryl/α,β-unsaturated/α-hetero) is 1. The smallest absolute Gasteiger partial charge is 0.155 e. The molecule has 2 fully saturated rings. The summed E-state index contributed by atoms with van der Waals surface area (Å²) in [4.78, 5) is 24.7. The number of hydrogen-bond donors (Lipinski definition) is 0. The molecule has 4 aliphatic rings. The lowest BCUT2D eigenvalue weighted by atomic mass is 9.50. The van der Waals surface area contributed by atoms with Gasteiger partial charge in [-0.05, 0) is 62.2 Å². The molecule has 0 spiro atoms. The second-order valence-corrected chi connectivity index (χ2v) is 9.98. The third kappa shape index (κ3) is 2.69. The summed E-state index contributed by atoms with van der Waals surface area (Å²) in [6.07, 6.45) is 14.1. The van der Waals surface area contributed by atoms with Gasteiger partial charge >= 0.3 is 0 Å². The van der Waals surface area contributed by atoms with Crippen LogP contribution in [0.4, 0.5) is 0 Å². The third-order valence-corrected chi connectivity index (χ3v) is 8.67. The van der Waals surface area contributed by atoms with Crippen LogP contribution < -0.4 is 0 Å². The van der Waals surface area contributed by atoms with Crippen LogP contribution in [0.5, 0.6) is 0 Å². The SMILES string of the molecule is C=CCSCC[C@]12CCC(=O)C=C1CC[C@@H]1C2=CC[C@]2(C)C(=O)CC[C@@H]12. The topological polar surface area (TPSA) is 34.1 Å². The molecule has 4 aliphatic carbocycles. The number of allylic oxidation sites excluding steroid dienone is 4. The van der Waals surface area contributed by atoms with Crippen molar-refractivity contribution in [3.63, 3.8) is 0 Å². The van der Waals surface area contributed by atoms with Gasteiger partial charge in [-0.15, -0.1) is 6.58 Å². The Morgan fingerprint density at radius 1 is 1.27 bits per heavy atom. The van der Waals surface area contributed by atoms with Crippen LogP contribution in [0.3, 0.4) is 0 Å². The number of rotatable bonds is 5. The average Bonchev–Trinajstić information content (AvgIpc) is 2.94. The second kappa shape index (κ2) is 6.82. The monoisotopic (exact) mass is 370 g/mol. The summed E-state index contributed by atoms with van der Waals surface area (Å²) in [7, 11) is 0. The van der Waals surface area contributed by atoms with Crippen LogP contribution >= 0.6 is 11.8 Å². The molecule has 4 atom stereocenters. The highest BCUT2D eigenvalue weighted by Crippen LogP contribution is 2.63. The number of carbonyl (C=O) groups is 2. The summed E-state index contributed by atoms with van der Waals surface area (Å²) >= 11 is 1.95. The molecule has 0 N–H and O–H groups in total. The van der Waals surface area contributed by atoms with Crippen molar-refractivity contribution in [2.45, 2.75) is 58.3 Å². The van der Waals surface area contributed by atoms with Crippen molar-refractivity contribution in [3.8, 4) is 0 Å². The van der Waals surface area contributed by atoms with Crippen LogP contribution in [0, 0.1) is 22.7 Å². The summed E-state index contributed by atoms with van der Waals surface area (Å²) in [5, 5.41) is 0. The molecule has 0 radical (unpaired) electrons. The summed E-state index contributed by atoms with van der Waals surface area (Å²) < 4.78 is 0. The highest BCUT2D eigenvalue weighted by molar-refractivity contribution is 7.99. The molecule has 2 nitrogen and oxygen atoms in total. The molecular formula is C23H30O2S. The van der Waals surface area contributed by atoms with Gasteiger partial charge in [0.15, 0.2) is 5.78 Å². The van der Waals surface area contributed by atoms with Crippen molar-refractivity contribution in [2.75, 3.05) is 11.5 Å². The Balaban J connectivity index is 1.70. The molecule has 0 heterocycles. The van der Waals surface area contributed by atoms with Gasteiger partial charge in [-0.1, -0.05) is 30.2 Å². The zero-order valence-corrected chi connectivity index (χ0v) is 16.7. The van der Waals surface area contributed by atoms with Gasteiger partial charge in [-0.3, -0.25) is 9.59 Å². The highest BCUT2D eigenvalue weighted by atomic mass is 32.2. The van der Waals surface area contributed by atoms with Gasteiger partial charge in [0, 0.05) is 29.4 Å². The van der Waals surface area contributed by atoms with Gasteiger partial charge < -0.3 is 0 Å². The molecule has 0 aromatic heterocycles. The lowest BCUT2D eigenvalue weighted by Crippen LogP contribution is -2.46. The molecule has 3 heteroatoms. The van der Waals surface area contributed by atoms with E-state index in [2.05, 4.69) is 19.6 Å². The maximum atomic E-state index is 12.6. The van der Waals surface area contributed by atoms with Crippen molar-refractivity contribution < 1.29 is 9.59 Å². The normalized spacial score (nSPS) is 38.8. The summed E-state index contributed by atoms with van der Waals surface area (Å²) in [5.41, 5.74) is 2.96. The summed E-state index contributed by atoms with van der Waals surface area (Å²) in [5.74, 6) is 3.97. The van der Waals surface area contributed by atoms with E-state index in [9.17, 15) is 9.59 Å². The number of fused-ring (bicyclic) bond motifs is 5. The van der Waals surface area contributed by atoms with Gasteiger partial charge in [0.2, 0.25) is 0 Å². The molecule has 0 amide bonds. The Hall–Kier alpha value is -1.09. The van der Waals surface area contributed by atoms with E-state index in [1.807, 2.05) is 23.9 Å². The lowest BCUT2D eigenvalue weighted by molar-refractivity contribution is -0.127. The van der Waals surface area contributed by atoms with E-state index in [-0.39, 0.29) is 10.8 Å². The van der Waals surface area contributed by atoms with Crippen LogP contribution in [0.1, 0.15) is 58.3 Å². The Bertz CT molecular complexity index is 703. The fraction of sp³-hybridized carbons (Fsp3) is 0.652. The van der Waals surface area contributed by atoms with E-state index in [1.54, 1.807) is 5.57 Å². The fourth-order valence-corrected chi connectivity index (χ4v) is 7.13. The van der Waals surface area contributed by atoms with E-state index in [1.165, 1.54) is 5.57 Å². The van der Waals surface area contributed by atoms with Crippen LogP contribution in [0.15, 0.2) is 36.0 Å². The minimum Gasteiger partial charge on any atom is -0.299 e. The zero-order chi connectivity index (χ0) is 18.4. The molecule has 26 heavy (non-hydrogen) atoms. The largest absolute Gasteiger partial charge is 0.299 e. The first kappa shape index (κ1) is 18.3. The van der Waals surface area contributed by atoms with E-state index in [0.29, 0.717) is 29.8 Å². The maximum Gasteiger partial charge on any atom is 0.155 e.